The maximum absolute atomic E-state index is 11.8. The highest BCUT2D eigenvalue weighted by atomic mass is 35.5. The number of nitrogens with zero attached hydrogens (tertiary/aromatic N) is 1. The van der Waals surface area contributed by atoms with Crippen LogP contribution >= 0.6 is 11.6 Å². The normalized spacial score (nSPS) is 24.4. The van der Waals surface area contributed by atoms with E-state index in [4.69, 9.17) is 16.3 Å². The zero-order valence-corrected chi connectivity index (χ0v) is 9.70. The van der Waals surface area contributed by atoms with Crippen molar-refractivity contribution >= 4 is 23.2 Å². The number of amides is 1. The van der Waals surface area contributed by atoms with E-state index in [0.29, 0.717) is 17.4 Å². The summed E-state index contributed by atoms with van der Waals surface area (Å²) in [6.07, 6.45) is 2.12. The molecule has 86 valence electrons. The molecule has 1 aromatic rings. The first kappa shape index (κ1) is 11.4. The van der Waals surface area contributed by atoms with E-state index in [1.54, 1.807) is 18.3 Å². The van der Waals surface area contributed by atoms with E-state index in [1.807, 2.05) is 6.92 Å². The minimum absolute atomic E-state index is 0.118. The van der Waals surface area contributed by atoms with Gasteiger partial charge in [0, 0.05) is 18.5 Å². The van der Waals surface area contributed by atoms with Gasteiger partial charge in [-0.1, -0.05) is 18.5 Å². The minimum atomic E-state index is -0.355. The lowest BCUT2D eigenvalue weighted by atomic mass is 10.0. The number of aromatic nitrogens is 1. The number of ether oxygens (including phenoxy) is 1. The van der Waals surface area contributed by atoms with Gasteiger partial charge >= 0.3 is 0 Å². The Morgan fingerprint density at radius 2 is 2.50 bits per heavy atom. The van der Waals surface area contributed by atoms with Crippen molar-refractivity contribution in [2.45, 2.75) is 19.4 Å². The predicted molar refractivity (Wildman–Crippen MR) is 61.4 cm³/mol. The summed E-state index contributed by atoms with van der Waals surface area (Å²) in [7, 11) is 0. The van der Waals surface area contributed by atoms with Gasteiger partial charge in [-0.05, 0) is 24.5 Å². The summed E-state index contributed by atoms with van der Waals surface area (Å²) in [5, 5.41) is 3.13. The van der Waals surface area contributed by atoms with Crippen molar-refractivity contribution in [3.8, 4) is 0 Å². The Balaban J connectivity index is 2.02. The molecule has 1 aliphatic heterocycles. The largest absolute Gasteiger partial charge is 0.368 e. The van der Waals surface area contributed by atoms with E-state index in [2.05, 4.69) is 10.3 Å². The molecule has 1 aliphatic rings. The molecular formula is C11H13ClN2O2. The average Bonchev–Trinajstić information content (AvgIpc) is 2.64. The third kappa shape index (κ3) is 2.51. The Labute approximate surface area is 99.0 Å². The summed E-state index contributed by atoms with van der Waals surface area (Å²) < 4.78 is 5.37. The molecule has 2 rings (SSSR count). The van der Waals surface area contributed by atoms with Crippen LogP contribution in [0.25, 0.3) is 0 Å². The number of carbonyl (C=O) groups is 1. The van der Waals surface area contributed by atoms with E-state index in [0.717, 1.165) is 6.42 Å². The van der Waals surface area contributed by atoms with Gasteiger partial charge in [0.2, 0.25) is 0 Å². The molecule has 1 aromatic heterocycles. The number of hydrogen-bond acceptors (Lipinski definition) is 3. The van der Waals surface area contributed by atoms with Crippen LogP contribution in [0.1, 0.15) is 13.3 Å². The second kappa shape index (κ2) is 4.80. The van der Waals surface area contributed by atoms with Crippen LogP contribution in [0.4, 0.5) is 5.69 Å². The maximum atomic E-state index is 11.8. The fourth-order valence-electron chi connectivity index (χ4n) is 1.72. The Kier molecular flexibility index (Phi) is 3.41. The van der Waals surface area contributed by atoms with Gasteiger partial charge < -0.3 is 10.1 Å². The molecule has 1 saturated heterocycles. The van der Waals surface area contributed by atoms with Crippen molar-refractivity contribution in [1.29, 1.82) is 0 Å². The summed E-state index contributed by atoms with van der Waals surface area (Å²) in [4.78, 5) is 15.7. The molecule has 2 unspecified atom stereocenters. The molecule has 0 aromatic carbocycles. The smallest absolute Gasteiger partial charge is 0.253 e. The van der Waals surface area contributed by atoms with Crippen LogP contribution in [-0.4, -0.2) is 23.6 Å². The Morgan fingerprint density at radius 1 is 1.69 bits per heavy atom. The molecule has 4 nitrogen and oxygen atoms in total. The van der Waals surface area contributed by atoms with Crippen LogP contribution < -0.4 is 5.32 Å². The quantitative estimate of drug-likeness (QED) is 0.806. The van der Waals surface area contributed by atoms with Gasteiger partial charge in [0.25, 0.3) is 5.91 Å². The number of halogens is 1. The molecule has 2 atom stereocenters. The fraction of sp³-hybridized carbons (Fsp3) is 0.455. The van der Waals surface area contributed by atoms with Crippen molar-refractivity contribution in [2.24, 2.45) is 5.92 Å². The number of nitrogens with one attached hydrogen (secondary N) is 1. The molecule has 1 N–H and O–H groups in total. The van der Waals surface area contributed by atoms with Crippen LogP contribution in [0, 0.1) is 5.92 Å². The summed E-state index contributed by atoms with van der Waals surface area (Å²) in [5.74, 6) is 0.143. The zero-order valence-electron chi connectivity index (χ0n) is 8.94. The summed E-state index contributed by atoms with van der Waals surface area (Å²) in [6, 6.07) is 3.31. The van der Waals surface area contributed by atoms with Crippen molar-refractivity contribution in [3.63, 3.8) is 0 Å². The summed E-state index contributed by atoms with van der Waals surface area (Å²) in [5.41, 5.74) is 0.646. The lowest BCUT2D eigenvalue weighted by Gasteiger charge is -2.14. The first-order valence-corrected chi connectivity index (χ1v) is 5.58. The maximum Gasteiger partial charge on any atom is 0.253 e. The highest BCUT2D eigenvalue weighted by molar-refractivity contribution is 6.29. The second-order valence-electron chi connectivity index (χ2n) is 3.91. The van der Waals surface area contributed by atoms with Crippen molar-refractivity contribution in [1.82, 2.24) is 4.98 Å². The van der Waals surface area contributed by atoms with Gasteiger partial charge in [0.15, 0.2) is 0 Å². The molecular weight excluding hydrogens is 228 g/mol. The zero-order chi connectivity index (χ0) is 11.5. The molecule has 0 spiro atoms. The van der Waals surface area contributed by atoms with Crippen LogP contribution in [0.15, 0.2) is 18.3 Å². The molecule has 1 fully saturated rings. The predicted octanol–water partition coefficient (Wildman–Crippen LogP) is 2.10. The highest BCUT2D eigenvalue weighted by Crippen LogP contribution is 2.22. The van der Waals surface area contributed by atoms with Gasteiger partial charge in [-0.15, -0.1) is 0 Å². The van der Waals surface area contributed by atoms with E-state index in [9.17, 15) is 4.79 Å². The van der Waals surface area contributed by atoms with Crippen molar-refractivity contribution in [2.75, 3.05) is 11.9 Å². The van der Waals surface area contributed by atoms with Crippen molar-refractivity contribution < 1.29 is 9.53 Å². The lowest BCUT2D eigenvalue weighted by Crippen LogP contribution is -2.31. The monoisotopic (exact) mass is 240 g/mol. The van der Waals surface area contributed by atoms with Gasteiger partial charge in [0.1, 0.15) is 11.3 Å². The van der Waals surface area contributed by atoms with Crippen LogP contribution in [0.2, 0.25) is 5.15 Å². The third-order valence-corrected chi connectivity index (χ3v) is 2.85. The molecule has 0 radical (unpaired) electrons. The summed E-state index contributed by atoms with van der Waals surface area (Å²) >= 11 is 5.72. The van der Waals surface area contributed by atoms with E-state index < -0.39 is 0 Å². The molecule has 5 heteroatoms. The average molecular weight is 241 g/mol. The van der Waals surface area contributed by atoms with Crippen LogP contribution in [0.3, 0.4) is 0 Å². The molecule has 0 aliphatic carbocycles. The van der Waals surface area contributed by atoms with Gasteiger partial charge in [0.05, 0.1) is 0 Å². The first-order valence-electron chi connectivity index (χ1n) is 5.21. The Hall–Kier alpha value is -1.13. The fourth-order valence-corrected chi connectivity index (χ4v) is 1.90. The highest BCUT2D eigenvalue weighted by Gasteiger charge is 2.30. The molecule has 0 bridgehead atoms. The lowest BCUT2D eigenvalue weighted by molar-refractivity contribution is -0.126. The number of anilines is 1. The van der Waals surface area contributed by atoms with Gasteiger partial charge in [-0.2, -0.15) is 0 Å². The van der Waals surface area contributed by atoms with Crippen molar-refractivity contribution in [3.05, 3.63) is 23.5 Å². The molecule has 0 saturated carbocycles. The topological polar surface area (TPSA) is 51.2 Å². The molecule has 1 amide bonds. The Morgan fingerprint density at radius 3 is 3.12 bits per heavy atom. The van der Waals surface area contributed by atoms with E-state index >= 15 is 0 Å². The number of pyridine rings is 1. The van der Waals surface area contributed by atoms with Gasteiger partial charge in [-0.3, -0.25) is 4.79 Å². The Bertz CT molecular complexity index is 397. The van der Waals surface area contributed by atoms with Gasteiger partial charge in [-0.25, -0.2) is 4.98 Å². The summed E-state index contributed by atoms with van der Waals surface area (Å²) in [6.45, 7) is 2.66. The van der Waals surface area contributed by atoms with E-state index in [1.165, 1.54) is 0 Å². The number of hydrogen-bond donors (Lipinski definition) is 1. The van der Waals surface area contributed by atoms with Crippen LogP contribution in [0.5, 0.6) is 0 Å². The SMILES string of the molecule is CC1CCOC1C(=O)Nc1ccnc(Cl)c1. The number of carbonyl (C=O) groups excluding carboxylic acids is 1. The standard InChI is InChI=1S/C11H13ClN2O2/c1-7-3-5-16-10(7)11(15)14-8-2-4-13-9(12)6-8/h2,4,6-7,10H,3,5H2,1H3,(H,13,14,15). The minimum Gasteiger partial charge on any atom is -0.368 e. The third-order valence-electron chi connectivity index (χ3n) is 2.64. The second-order valence-corrected chi connectivity index (χ2v) is 4.30. The molecule has 2 heterocycles. The first-order chi connectivity index (χ1) is 7.66. The molecule has 16 heavy (non-hydrogen) atoms. The number of rotatable bonds is 2. The van der Waals surface area contributed by atoms with Crippen LogP contribution in [-0.2, 0) is 9.53 Å². The van der Waals surface area contributed by atoms with E-state index in [-0.39, 0.29) is 17.9 Å².